The molecule has 0 aliphatic heterocycles. The van der Waals surface area contributed by atoms with Crippen LogP contribution in [0.4, 0.5) is 0 Å². The van der Waals surface area contributed by atoms with E-state index in [4.69, 9.17) is 0 Å². The van der Waals surface area contributed by atoms with Crippen molar-refractivity contribution in [2.24, 2.45) is 0 Å². The van der Waals surface area contributed by atoms with Crippen LogP contribution >= 0.6 is 0 Å². The molecule has 0 spiro atoms. The lowest BCUT2D eigenvalue weighted by molar-refractivity contribution is -0.142. The molecule has 36 heavy (non-hydrogen) atoms. The molecule has 194 valence electrons. The normalized spacial score (nSPS) is 12.3. The average Bonchev–Trinajstić information content (AvgIpc) is 2.86. The van der Waals surface area contributed by atoms with Crippen molar-refractivity contribution in [3.8, 4) is 0 Å². The first-order chi connectivity index (χ1) is 17.3. The Hall–Kier alpha value is -3.68. The minimum Gasteiger partial charge on any atom is -0.480 e. The number of amides is 2. The van der Waals surface area contributed by atoms with Crippen LogP contribution < -0.4 is 10.6 Å². The molecule has 0 aliphatic rings. The maximum atomic E-state index is 12.1. The molecule has 0 saturated heterocycles. The summed E-state index contributed by atoms with van der Waals surface area (Å²) in [6.45, 7) is 0. The van der Waals surface area contributed by atoms with Gasteiger partial charge in [0.2, 0.25) is 11.8 Å². The van der Waals surface area contributed by atoms with Crippen LogP contribution in [0, 0.1) is 0 Å². The highest BCUT2D eigenvalue weighted by Crippen LogP contribution is 2.10. The van der Waals surface area contributed by atoms with Gasteiger partial charge in [0, 0.05) is 25.7 Å². The van der Waals surface area contributed by atoms with Gasteiger partial charge in [-0.25, -0.2) is 9.59 Å². The minimum atomic E-state index is -1.05. The van der Waals surface area contributed by atoms with Gasteiger partial charge in [0.15, 0.2) is 0 Å². The van der Waals surface area contributed by atoms with Crippen LogP contribution in [0.3, 0.4) is 0 Å². The summed E-state index contributed by atoms with van der Waals surface area (Å²) in [6, 6.07) is 16.5. The van der Waals surface area contributed by atoms with Crippen LogP contribution in [-0.2, 0) is 32.0 Å². The Labute approximate surface area is 212 Å². The van der Waals surface area contributed by atoms with E-state index in [2.05, 4.69) is 10.6 Å². The van der Waals surface area contributed by atoms with Crippen molar-refractivity contribution in [3.05, 3.63) is 71.8 Å². The van der Waals surface area contributed by atoms with Crippen molar-refractivity contribution >= 4 is 23.8 Å². The molecule has 0 aliphatic carbocycles. The number of aliphatic carboxylic acids is 2. The van der Waals surface area contributed by atoms with E-state index in [1.165, 1.54) is 0 Å². The molecule has 2 aromatic carbocycles. The van der Waals surface area contributed by atoms with E-state index in [0.29, 0.717) is 12.8 Å². The van der Waals surface area contributed by atoms with Crippen molar-refractivity contribution in [2.75, 3.05) is 0 Å². The van der Waals surface area contributed by atoms with Crippen molar-refractivity contribution in [3.63, 3.8) is 0 Å². The second-order valence-corrected chi connectivity index (χ2v) is 8.92. The lowest BCUT2D eigenvalue weighted by Gasteiger charge is -2.15. The van der Waals surface area contributed by atoms with Gasteiger partial charge in [-0.1, -0.05) is 86.3 Å². The van der Waals surface area contributed by atoms with Gasteiger partial charge < -0.3 is 20.8 Å². The van der Waals surface area contributed by atoms with Crippen LogP contribution in [0.5, 0.6) is 0 Å². The Kier molecular flexibility index (Phi) is 12.8. The van der Waals surface area contributed by atoms with E-state index in [9.17, 15) is 29.4 Å². The maximum absolute atomic E-state index is 12.1. The molecule has 2 aromatic rings. The molecule has 0 unspecified atom stereocenters. The van der Waals surface area contributed by atoms with Gasteiger partial charge in [0.1, 0.15) is 12.1 Å². The van der Waals surface area contributed by atoms with Crippen molar-refractivity contribution in [1.82, 2.24) is 10.6 Å². The summed E-state index contributed by atoms with van der Waals surface area (Å²) in [5.74, 6) is -2.63. The molecule has 8 nitrogen and oxygen atoms in total. The molecule has 2 atom stereocenters. The number of hydrogen-bond acceptors (Lipinski definition) is 4. The molecule has 0 heterocycles. The van der Waals surface area contributed by atoms with Gasteiger partial charge in [0.05, 0.1) is 0 Å². The van der Waals surface area contributed by atoms with Crippen molar-refractivity contribution in [1.29, 1.82) is 0 Å². The predicted molar refractivity (Wildman–Crippen MR) is 136 cm³/mol. The largest absolute Gasteiger partial charge is 0.480 e. The molecule has 0 fully saturated rings. The standard InChI is InChI=1S/C28H36N2O6/c31-25(29-23(27(33)34)19-21-13-7-5-8-14-21)17-11-3-1-2-4-12-18-26(32)30-24(28(35)36)20-22-15-9-6-10-16-22/h5-10,13-16,23-24H,1-4,11-12,17-20H2,(H,29,31)(H,30,32)(H,33,34)(H,35,36)/t23-,24-/m1/s1. The van der Waals surface area contributed by atoms with Crippen molar-refractivity contribution in [2.45, 2.75) is 76.3 Å². The summed E-state index contributed by atoms with van der Waals surface area (Å²) in [6.07, 6.45) is 5.89. The number of nitrogens with one attached hydrogen (secondary N) is 2. The Morgan fingerprint density at radius 2 is 0.889 bits per heavy atom. The maximum Gasteiger partial charge on any atom is 0.326 e. The number of rotatable bonds is 17. The molecular formula is C28H36N2O6. The summed E-state index contributed by atoms with van der Waals surface area (Å²) < 4.78 is 0. The first kappa shape index (κ1) is 28.6. The third kappa shape index (κ3) is 11.6. The lowest BCUT2D eigenvalue weighted by Crippen LogP contribution is -2.42. The first-order valence-corrected chi connectivity index (χ1v) is 12.5. The summed E-state index contributed by atoms with van der Waals surface area (Å²) >= 11 is 0. The van der Waals surface area contributed by atoms with E-state index in [1.807, 2.05) is 60.7 Å². The van der Waals surface area contributed by atoms with E-state index in [1.54, 1.807) is 0 Å². The van der Waals surface area contributed by atoms with Crippen LogP contribution in [0.15, 0.2) is 60.7 Å². The van der Waals surface area contributed by atoms with Gasteiger partial charge in [0.25, 0.3) is 0 Å². The Morgan fingerprint density at radius 1 is 0.556 bits per heavy atom. The third-order valence-electron chi connectivity index (χ3n) is 5.89. The molecule has 8 heteroatoms. The van der Waals surface area contributed by atoms with Gasteiger partial charge in [-0.2, -0.15) is 0 Å². The molecule has 0 aromatic heterocycles. The lowest BCUT2D eigenvalue weighted by atomic mass is 10.0. The highest BCUT2D eigenvalue weighted by molar-refractivity contribution is 5.84. The van der Waals surface area contributed by atoms with Gasteiger partial charge >= 0.3 is 11.9 Å². The fourth-order valence-corrected chi connectivity index (χ4v) is 3.91. The van der Waals surface area contributed by atoms with Crippen LogP contribution in [0.25, 0.3) is 0 Å². The fourth-order valence-electron chi connectivity index (χ4n) is 3.91. The predicted octanol–water partition coefficient (Wildman–Crippen LogP) is 3.73. The molecular weight excluding hydrogens is 460 g/mol. The summed E-state index contributed by atoms with van der Waals surface area (Å²) in [5, 5.41) is 24.0. The summed E-state index contributed by atoms with van der Waals surface area (Å²) in [4.78, 5) is 47.2. The molecule has 2 rings (SSSR count). The number of carbonyl (C=O) groups excluding carboxylic acids is 2. The molecule has 2 amide bonds. The van der Waals surface area contributed by atoms with Crippen LogP contribution in [0.1, 0.15) is 62.5 Å². The van der Waals surface area contributed by atoms with Crippen LogP contribution in [0.2, 0.25) is 0 Å². The summed E-state index contributed by atoms with van der Waals surface area (Å²) in [5.41, 5.74) is 1.71. The summed E-state index contributed by atoms with van der Waals surface area (Å²) in [7, 11) is 0. The van der Waals surface area contributed by atoms with E-state index >= 15 is 0 Å². The number of hydrogen-bond donors (Lipinski definition) is 4. The number of benzene rings is 2. The van der Waals surface area contributed by atoms with Gasteiger partial charge in [-0.3, -0.25) is 9.59 Å². The first-order valence-electron chi connectivity index (χ1n) is 12.5. The highest BCUT2D eigenvalue weighted by Gasteiger charge is 2.21. The zero-order valence-corrected chi connectivity index (χ0v) is 20.5. The van der Waals surface area contributed by atoms with Crippen LogP contribution in [-0.4, -0.2) is 46.0 Å². The number of unbranched alkanes of at least 4 members (excludes halogenated alkanes) is 5. The smallest absolute Gasteiger partial charge is 0.326 e. The third-order valence-corrected chi connectivity index (χ3v) is 5.89. The topological polar surface area (TPSA) is 133 Å². The van der Waals surface area contributed by atoms with E-state index in [-0.39, 0.29) is 37.5 Å². The molecule has 0 saturated carbocycles. The number of carbonyl (C=O) groups is 4. The van der Waals surface area contributed by atoms with Crippen molar-refractivity contribution < 1.29 is 29.4 Å². The Morgan fingerprint density at radius 3 is 1.22 bits per heavy atom. The van der Waals surface area contributed by atoms with E-state index in [0.717, 1.165) is 36.8 Å². The quantitative estimate of drug-likeness (QED) is 0.247. The number of carboxylic acids is 2. The zero-order valence-electron chi connectivity index (χ0n) is 20.5. The Balaban J connectivity index is 1.55. The second kappa shape index (κ2) is 16.1. The zero-order chi connectivity index (χ0) is 26.2. The van der Waals surface area contributed by atoms with Gasteiger partial charge in [-0.05, 0) is 24.0 Å². The second-order valence-electron chi connectivity index (χ2n) is 8.92. The minimum absolute atomic E-state index is 0.245. The molecule has 4 N–H and O–H groups in total. The molecule has 0 radical (unpaired) electrons. The van der Waals surface area contributed by atoms with Gasteiger partial charge in [-0.15, -0.1) is 0 Å². The highest BCUT2D eigenvalue weighted by atomic mass is 16.4. The average molecular weight is 497 g/mol. The number of carboxylic acid groups (broad SMARTS) is 2. The monoisotopic (exact) mass is 496 g/mol. The van der Waals surface area contributed by atoms with E-state index < -0.39 is 24.0 Å². The fraction of sp³-hybridized carbons (Fsp3) is 0.429. The molecule has 0 bridgehead atoms. The Bertz CT molecular complexity index is 885. The SMILES string of the molecule is O=C(CCCCCCCCC(=O)N[C@H](Cc1ccccc1)C(=O)O)N[C@H](Cc1ccccc1)C(=O)O.